The normalized spacial score (nSPS) is 12.9. The lowest BCUT2D eigenvalue weighted by atomic mass is 10.1. The van der Waals surface area contributed by atoms with Crippen molar-refractivity contribution in [1.29, 1.82) is 0 Å². The Kier molecular flexibility index (Phi) is 6.11. The van der Waals surface area contributed by atoms with E-state index >= 15 is 0 Å². The SMILES string of the molecule is COCCC(C)NCCCc1cn[nH]c1C. The number of aryl methyl sites for hydroxylation is 2. The summed E-state index contributed by atoms with van der Waals surface area (Å²) in [6.45, 7) is 6.14. The van der Waals surface area contributed by atoms with Crippen LogP contribution in [0.2, 0.25) is 0 Å². The van der Waals surface area contributed by atoms with Crippen LogP contribution in [0, 0.1) is 6.92 Å². The van der Waals surface area contributed by atoms with E-state index in [4.69, 9.17) is 4.74 Å². The molecule has 1 heterocycles. The minimum atomic E-state index is 0.533. The number of aromatic amines is 1. The average molecular weight is 225 g/mol. The van der Waals surface area contributed by atoms with Crippen molar-refractivity contribution >= 4 is 0 Å². The van der Waals surface area contributed by atoms with Gasteiger partial charge >= 0.3 is 0 Å². The molecule has 1 unspecified atom stereocenters. The van der Waals surface area contributed by atoms with Crippen molar-refractivity contribution in [2.75, 3.05) is 20.3 Å². The molecule has 1 rings (SSSR count). The molecule has 0 saturated heterocycles. The number of nitrogens with one attached hydrogen (secondary N) is 2. The van der Waals surface area contributed by atoms with Gasteiger partial charge in [0.1, 0.15) is 0 Å². The minimum Gasteiger partial charge on any atom is -0.385 e. The van der Waals surface area contributed by atoms with E-state index < -0.39 is 0 Å². The van der Waals surface area contributed by atoms with E-state index in [0.29, 0.717) is 6.04 Å². The van der Waals surface area contributed by atoms with Gasteiger partial charge in [-0.25, -0.2) is 0 Å². The van der Waals surface area contributed by atoms with E-state index in [1.54, 1.807) is 7.11 Å². The summed E-state index contributed by atoms with van der Waals surface area (Å²) < 4.78 is 5.04. The van der Waals surface area contributed by atoms with Crippen LogP contribution in [0.25, 0.3) is 0 Å². The second-order valence-electron chi connectivity index (χ2n) is 4.26. The molecule has 0 aliphatic rings. The van der Waals surface area contributed by atoms with Crippen molar-refractivity contribution in [1.82, 2.24) is 15.5 Å². The van der Waals surface area contributed by atoms with Crippen LogP contribution < -0.4 is 5.32 Å². The van der Waals surface area contributed by atoms with Gasteiger partial charge in [0.15, 0.2) is 0 Å². The van der Waals surface area contributed by atoms with Crippen molar-refractivity contribution in [2.45, 2.75) is 39.2 Å². The van der Waals surface area contributed by atoms with E-state index in [-0.39, 0.29) is 0 Å². The fourth-order valence-corrected chi connectivity index (χ4v) is 1.65. The molecule has 0 aliphatic carbocycles. The largest absolute Gasteiger partial charge is 0.385 e. The van der Waals surface area contributed by atoms with Gasteiger partial charge in [-0.2, -0.15) is 5.10 Å². The number of nitrogens with zero attached hydrogens (tertiary/aromatic N) is 1. The Morgan fingerprint density at radius 3 is 3.00 bits per heavy atom. The highest BCUT2D eigenvalue weighted by Gasteiger charge is 2.02. The van der Waals surface area contributed by atoms with E-state index in [9.17, 15) is 0 Å². The average Bonchev–Trinajstić information content (AvgIpc) is 2.67. The first-order valence-corrected chi connectivity index (χ1v) is 5.95. The molecule has 1 aromatic heterocycles. The second kappa shape index (κ2) is 7.41. The molecule has 92 valence electrons. The topological polar surface area (TPSA) is 49.9 Å². The zero-order valence-electron chi connectivity index (χ0n) is 10.5. The van der Waals surface area contributed by atoms with Crippen LogP contribution in [0.15, 0.2) is 6.20 Å². The van der Waals surface area contributed by atoms with E-state index in [1.165, 1.54) is 11.3 Å². The molecular weight excluding hydrogens is 202 g/mol. The van der Waals surface area contributed by atoms with Gasteiger partial charge in [0, 0.05) is 25.5 Å². The highest BCUT2D eigenvalue weighted by molar-refractivity contribution is 5.14. The zero-order chi connectivity index (χ0) is 11.8. The summed E-state index contributed by atoms with van der Waals surface area (Å²) in [5.41, 5.74) is 2.51. The van der Waals surface area contributed by atoms with Gasteiger partial charge in [-0.05, 0) is 45.2 Å². The molecule has 0 amide bonds. The molecule has 1 atom stereocenters. The molecule has 4 nitrogen and oxygen atoms in total. The molecule has 2 N–H and O–H groups in total. The van der Waals surface area contributed by atoms with Crippen LogP contribution in [0.3, 0.4) is 0 Å². The molecule has 0 spiro atoms. The number of rotatable bonds is 8. The van der Waals surface area contributed by atoms with E-state index in [1.807, 2.05) is 6.20 Å². The number of hydrogen-bond acceptors (Lipinski definition) is 3. The Bertz CT molecular complexity index is 286. The summed E-state index contributed by atoms with van der Waals surface area (Å²) in [7, 11) is 1.74. The third kappa shape index (κ3) is 4.77. The summed E-state index contributed by atoms with van der Waals surface area (Å²) in [5.74, 6) is 0. The Labute approximate surface area is 97.8 Å². The van der Waals surface area contributed by atoms with Gasteiger partial charge in [-0.1, -0.05) is 0 Å². The monoisotopic (exact) mass is 225 g/mol. The fourth-order valence-electron chi connectivity index (χ4n) is 1.65. The quantitative estimate of drug-likeness (QED) is 0.662. The summed E-state index contributed by atoms with van der Waals surface area (Å²) in [5, 5.41) is 10.5. The lowest BCUT2D eigenvalue weighted by Gasteiger charge is -2.12. The Morgan fingerprint density at radius 2 is 2.38 bits per heavy atom. The van der Waals surface area contributed by atoms with Crippen LogP contribution in [0.5, 0.6) is 0 Å². The van der Waals surface area contributed by atoms with E-state index in [2.05, 4.69) is 29.4 Å². The van der Waals surface area contributed by atoms with Crippen molar-refractivity contribution in [3.8, 4) is 0 Å². The van der Waals surface area contributed by atoms with Crippen molar-refractivity contribution in [3.63, 3.8) is 0 Å². The van der Waals surface area contributed by atoms with Gasteiger partial charge in [0.25, 0.3) is 0 Å². The molecule has 0 saturated carbocycles. The van der Waals surface area contributed by atoms with Crippen LogP contribution >= 0.6 is 0 Å². The maximum Gasteiger partial charge on any atom is 0.0522 e. The lowest BCUT2D eigenvalue weighted by Crippen LogP contribution is -2.28. The fraction of sp³-hybridized carbons (Fsp3) is 0.750. The predicted octanol–water partition coefficient (Wildman–Crippen LogP) is 1.67. The second-order valence-corrected chi connectivity index (χ2v) is 4.26. The minimum absolute atomic E-state index is 0.533. The molecule has 0 aromatic carbocycles. The third-order valence-electron chi connectivity index (χ3n) is 2.80. The molecule has 4 heteroatoms. The third-order valence-corrected chi connectivity index (χ3v) is 2.80. The highest BCUT2D eigenvalue weighted by atomic mass is 16.5. The molecule has 0 radical (unpaired) electrons. The highest BCUT2D eigenvalue weighted by Crippen LogP contribution is 2.05. The van der Waals surface area contributed by atoms with E-state index in [0.717, 1.165) is 32.4 Å². The van der Waals surface area contributed by atoms with Gasteiger partial charge < -0.3 is 10.1 Å². The lowest BCUT2D eigenvalue weighted by molar-refractivity contribution is 0.185. The molecule has 0 bridgehead atoms. The van der Waals surface area contributed by atoms with Gasteiger partial charge in [-0.3, -0.25) is 5.10 Å². The Balaban J connectivity index is 2.06. The van der Waals surface area contributed by atoms with Crippen molar-refractivity contribution in [3.05, 3.63) is 17.5 Å². The maximum absolute atomic E-state index is 5.04. The molecule has 0 aliphatic heterocycles. The first-order chi connectivity index (χ1) is 7.74. The number of hydrogen-bond donors (Lipinski definition) is 2. The number of H-pyrrole nitrogens is 1. The number of aromatic nitrogens is 2. The van der Waals surface area contributed by atoms with Crippen LogP contribution in [-0.4, -0.2) is 36.5 Å². The smallest absolute Gasteiger partial charge is 0.0522 e. The predicted molar refractivity (Wildman–Crippen MR) is 65.6 cm³/mol. The molecule has 16 heavy (non-hydrogen) atoms. The summed E-state index contributed by atoms with van der Waals surface area (Å²) >= 11 is 0. The Morgan fingerprint density at radius 1 is 1.56 bits per heavy atom. The number of methoxy groups -OCH3 is 1. The summed E-state index contributed by atoms with van der Waals surface area (Å²) in [6, 6.07) is 0.533. The number of ether oxygens (including phenoxy) is 1. The van der Waals surface area contributed by atoms with Crippen LogP contribution in [0.4, 0.5) is 0 Å². The van der Waals surface area contributed by atoms with Crippen LogP contribution in [0.1, 0.15) is 31.0 Å². The Hall–Kier alpha value is -0.870. The molecule has 0 fully saturated rings. The van der Waals surface area contributed by atoms with Crippen molar-refractivity contribution < 1.29 is 4.74 Å². The maximum atomic E-state index is 5.04. The summed E-state index contributed by atoms with van der Waals surface area (Å²) in [4.78, 5) is 0. The van der Waals surface area contributed by atoms with Gasteiger partial charge in [-0.15, -0.1) is 0 Å². The first-order valence-electron chi connectivity index (χ1n) is 5.95. The van der Waals surface area contributed by atoms with Gasteiger partial charge in [0.2, 0.25) is 0 Å². The van der Waals surface area contributed by atoms with Crippen molar-refractivity contribution in [2.24, 2.45) is 0 Å². The first kappa shape index (κ1) is 13.2. The van der Waals surface area contributed by atoms with Crippen LogP contribution in [-0.2, 0) is 11.2 Å². The summed E-state index contributed by atoms with van der Waals surface area (Å²) in [6.07, 6.45) is 5.23. The molecule has 1 aromatic rings. The zero-order valence-corrected chi connectivity index (χ0v) is 10.5. The van der Waals surface area contributed by atoms with Gasteiger partial charge in [0.05, 0.1) is 6.20 Å². The molecular formula is C12H23N3O. The standard InChI is InChI=1S/C12H23N3O/c1-10(6-8-16-3)13-7-4-5-12-9-14-15-11(12)2/h9-10,13H,4-8H2,1-3H3,(H,14,15).